The minimum absolute atomic E-state index is 0.00658. The number of carboxylic acid groups (broad SMARTS) is 1. The summed E-state index contributed by atoms with van der Waals surface area (Å²) in [6.07, 6.45) is 7.15. The summed E-state index contributed by atoms with van der Waals surface area (Å²) in [4.78, 5) is 14.9. The number of aromatic nitrogens is 3. The SMILES string of the molecule is O=C(O)Cc1csc(SCc2ccn(C3CCCC3)n2)n1. The molecule has 0 amide bonds. The molecule has 112 valence electrons. The predicted molar refractivity (Wildman–Crippen MR) is 82.7 cm³/mol. The summed E-state index contributed by atoms with van der Waals surface area (Å²) in [7, 11) is 0. The molecule has 5 nitrogen and oxygen atoms in total. The zero-order valence-corrected chi connectivity index (χ0v) is 13.2. The summed E-state index contributed by atoms with van der Waals surface area (Å²) < 4.78 is 3.00. The van der Waals surface area contributed by atoms with Crippen LogP contribution in [0.25, 0.3) is 0 Å². The molecule has 2 aromatic heterocycles. The van der Waals surface area contributed by atoms with Gasteiger partial charge in [0.25, 0.3) is 0 Å². The molecule has 21 heavy (non-hydrogen) atoms. The Balaban J connectivity index is 1.55. The first kappa shape index (κ1) is 14.6. The van der Waals surface area contributed by atoms with Crippen LogP contribution < -0.4 is 0 Å². The molecule has 1 saturated carbocycles. The van der Waals surface area contributed by atoms with Crippen LogP contribution in [0.2, 0.25) is 0 Å². The lowest BCUT2D eigenvalue weighted by Gasteiger charge is -2.08. The number of nitrogens with zero attached hydrogens (tertiary/aromatic N) is 3. The van der Waals surface area contributed by atoms with E-state index in [0.717, 1.165) is 15.8 Å². The zero-order chi connectivity index (χ0) is 14.7. The molecule has 0 saturated heterocycles. The predicted octanol–water partition coefficient (Wildman–Crippen LogP) is 3.37. The van der Waals surface area contributed by atoms with Crippen LogP contribution in [0.5, 0.6) is 0 Å². The van der Waals surface area contributed by atoms with Gasteiger partial charge in [-0.3, -0.25) is 9.48 Å². The van der Waals surface area contributed by atoms with E-state index in [0.29, 0.717) is 11.7 Å². The van der Waals surface area contributed by atoms with E-state index >= 15 is 0 Å². The van der Waals surface area contributed by atoms with E-state index in [1.54, 1.807) is 11.8 Å². The lowest BCUT2D eigenvalue weighted by atomic mass is 10.3. The Morgan fingerprint density at radius 3 is 3.00 bits per heavy atom. The van der Waals surface area contributed by atoms with Crippen LogP contribution in [0.4, 0.5) is 0 Å². The fraction of sp³-hybridized carbons (Fsp3) is 0.500. The van der Waals surface area contributed by atoms with Gasteiger partial charge in [0.2, 0.25) is 0 Å². The molecule has 3 rings (SSSR count). The van der Waals surface area contributed by atoms with Crippen LogP contribution in [-0.2, 0) is 17.0 Å². The van der Waals surface area contributed by atoms with Crippen LogP contribution in [-0.4, -0.2) is 25.8 Å². The van der Waals surface area contributed by atoms with Crippen molar-refractivity contribution in [2.75, 3.05) is 0 Å². The number of hydrogen-bond donors (Lipinski definition) is 1. The minimum atomic E-state index is -0.841. The van der Waals surface area contributed by atoms with Crippen molar-refractivity contribution in [1.82, 2.24) is 14.8 Å². The van der Waals surface area contributed by atoms with E-state index in [4.69, 9.17) is 5.11 Å². The molecule has 1 aliphatic carbocycles. The monoisotopic (exact) mass is 323 g/mol. The third-order valence-electron chi connectivity index (χ3n) is 3.57. The highest BCUT2D eigenvalue weighted by atomic mass is 32.2. The van der Waals surface area contributed by atoms with Crippen molar-refractivity contribution >= 4 is 29.1 Å². The van der Waals surface area contributed by atoms with Crippen molar-refractivity contribution in [2.24, 2.45) is 0 Å². The number of hydrogen-bond acceptors (Lipinski definition) is 5. The Labute approximate surface area is 131 Å². The number of thioether (sulfide) groups is 1. The fourth-order valence-corrected chi connectivity index (χ4v) is 4.30. The van der Waals surface area contributed by atoms with Crippen molar-refractivity contribution in [2.45, 2.75) is 48.2 Å². The second kappa shape index (κ2) is 6.62. The maximum Gasteiger partial charge on any atom is 0.309 e. The standard InChI is InChI=1S/C14H17N3O2S2/c18-13(19)7-11-9-21-14(15-11)20-8-10-5-6-17(16-10)12-3-1-2-4-12/h5-6,9,12H,1-4,7-8H2,(H,18,19). The van der Waals surface area contributed by atoms with Crippen LogP contribution in [0.15, 0.2) is 22.0 Å². The molecule has 0 atom stereocenters. The first-order valence-electron chi connectivity index (χ1n) is 7.04. The quantitative estimate of drug-likeness (QED) is 0.825. The van der Waals surface area contributed by atoms with E-state index in [-0.39, 0.29) is 6.42 Å². The van der Waals surface area contributed by atoms with Gasteiger partial charge in [-0.1, -0.05) is 24.6 Å². The fourth-order valence-electron chi connectivity index (χ4n) is 2.55. The average Bonchev–Trinajstić information content (AvgIpc) is 3.17. The van der Waals surface area contributed by atoms with Gasteiger partial charge in [0.15, 0.2) is 4.34 Å². The second-order valence-electron chi connectivity index (χ2n) is 5.19. The van der Waals surface area contributed by atoms with Crippen molar-refractivity contribution in [3.8, 4) is 0 Å². The highest BCUT2D eigenvalue weighted by molar-refractivity contribution is 8.00. The van der Waals surface area contributed by atoms with E-state index in [2.05, 4.69) is 27.0 Å². The lowest BCUT2D eigenvalue weighted by molar-refractivity contribution is -0.136. The molecular formula is C14H17N3O2S2. The van der Waals surface area contributed by atoms with Crippen LogP contribution >= 0.6 is 23.1 Å². The summed E-state index contributed by atoms with van der Waals surface area (Å²) in [6, 6.07) is 2.64. The average molecular weight is 323 g/mol. The third-order valence-corrected chi connectivity index (χ3v) is 5.67. The second-order valence-corrected chi connectivity index (χ2v) is 7.27. The Kier molecular flexibility index (Phi) is 4.60. The number of aliphatic carboxylic acids is 1. The Morgan fingerprint density at radius 2 is 2.24 bits per heavy atom. The zero-order valence-electron chi connectivity index (χ0n) is 11.6. The van der Waals surface area contributed by atoms with Gasteiger partial charge in [0.05, 0.1) is 23.9 Å². The molecule has 0 aliphatic heterocycles. The number of rotatable bonds is 6. The molecule has 0 spiro atoms. The van der Waals surface area contributed by atoms with Gasteiger partial charge < -0.3 is 5.11 Å². The molecular weight excluding hydrogens is 306 g/mol. The molecule has 0 aromatic carbocycles. The van der Waals surface area contributed by atoms with E-state index in [9.17, 15) is 4.79 Å². The highest BCUT2D eigenvalue weighted by Gasteiger charge is 2.17. The molecule has 0 bridgehead atoms. The first-order chi connectivity index (χ1) is 10.2. The van der Waals surface area contributed by atoms with Crippen LogP contribution in [0.3, 0.4) is 0 Å². The van der Waals surface area contributed by atoms with Gasteiger partial charge in [0.1, 0.15) is 0 Å². The van der Waals surface area contributed by atoms with Crippen molar-refractivity contribution < 1.29 is 9.90 Å². The topological polar surface area (TPSA) is 68.0 Å². The maximum absolute atomic E-state index is 10.6. The summed E-state index contributed by atoms with van der Waals surface area (Å²) >= 11 is 3.11. The number of carboxylic acids is 1. The van der Waals surface area contributed by atoms with Crippen LogP contribution in [0, 0.1) is 0 Å². The van der Waals surface area contributed by atoms with E-state index in [1.165, 1.54) is 37.0 Å². The largest absolute Gasteiger partial charge is 0.481 e. The first-order valence-corrected chi connectivity index (χ1v) is 8.90. The number of carbonyl (C=O) groups is 1. The summed E-state index contributed by atoms with van der Waals surface area (Å²) in [5, 5.41) is 15.2. The summed E-state index contributed by atoms with van der Waals surface area (Å²) in [5.41, 5.74) is 1.69. The van der Waals surface area contributed by atoms with Crippen molar-refractivity contribution in [3.63, 3.8) is 0 Å². The van der Waals surface area contributed by atoms with Gasteiger partial charge in [-0.05, 0) is 18.9 Å². The van der Waals surface area contributed by atoms with Crippen molar-refractivity contribution in [1.29, 1.82) is 0 Å². The van der Waals surface area contributed by atoms with Crippen molar-refractivity contribution in [3.05, 3.63) is 29.0 Å². The maximum atomic E-state index is 10.6. The molecule has 2 heterocycles. The van der Waals surface area contributed by atoms with Gasteiger partial charge in [-0.15, -0.1) is 11.3 Å². The van der Waals surface area contributed by atoms with Gasteiger partial charge >= 0.3 is 5.97 Å². The summed E-state index contributed by atoms with van der Waals surface area (Å²) in [5.74, 6) is -0.0631. The molecule has 1 N–H and O–H groups in total. The molecule has 2 aromatic rings. The molecule has 7 heteroatoms. The van der Waals surface area contributed by atoms with E-state index < -0.39 is 5.97 Å². The van der Waals surface area contributed by atoms with Gasteiger partial charge in [-0.2, -0.15) is 5.10 Å². The highest BCUT2D eigenvalue weighted by Crippen LogP contribution is 2.30. The third kappa shape index (κ3) is 3.85. The molecule has 0 unspecified atom stereocenters. The Morgan fingerprint density at radius 1 is 1.43 bits per heavy atom. The normalized spacial score (nSPS) is 15.6. The van der Waals surface area contributed by atoms with Crippen LogP contribution in [0.1, 0.15) is 43.1 Å². The Bertz CT molecular complexity index is 617. The number of thiazole rings is 1. The Hall–Kier alpha value is -1.34. The lowest BCUT2D eigenvalue weighted by Crippen LogP contribution is -2.05. The smallest absolute Gasteiger partial charge is 0.309 e. The minimum Gasteiger partial charge on any atom is -0.481 e. The van der Waals surface area contributed by atoms with Gasteiger partial charge in [-0.25, -0.2) is 4.98 Å². The molecule has 1 aliphatic rings. The molecule has 0 radical (unpaired) electrons. The van der Waals surface area contributed by atoms with E-state index in [1.807, 2.05) is 5.38 Å². The van der Waals surface area contributed by atoms with Gasteiger partial charge in [0, 0.05) is 17.3 Å². The molecule has 1 fully saturated rings. The summed E-state index contributed by atoms with van der Waals surface area (Å²) in [6.45, 7) is 0.